The molecule has 1 heterocycles. The minimum absolute atomic E-state index is 0.200. The molecule has 0 aromatic heterocycles. The summed E-state index contributed by atoms with van der Waals surface area (Å²) in [4.78, 5) is 5.01. The molecule has 5 nitrogen and oxygen atoms in total. The summed E-state index contributed by atoms with van der Waals surface area (Å²) in [6, 6.07) is 6.30. The first-order valence-electron chi connectivity index (χ1n) is 9.14. The molecular weight excluding hydrogens is 302 g/mol. The van der Waals surface area contributed by atoms with Crippen LogP contribution in [0.15, 0.2) is 18.2 Å². The van der Waals surface area contributed by atoms with Gasteiger partial charge < -0.3 is 20.1 Å². The van der Waals surface area contributed by atoms with E-state index in [-0.39, 0.29) is 6.10 Å². The maximum atomic E-state index is 5.93. The average Bonchev–Trinajstić information content (AvgIpc) is 2.62. The van der Waals surface area contributed by atoms with Gasteiger partial charge in [-0.25, -0.2) is 0 Å². The molecule has 1 aromatic rings. The lowest BCUT2D eigenvalue weighted by Gasteiger charge is -2.34. The van der Waals surface area contributed by atoms with Crippen LogP contribution in [-0.2, 0) is 6.54 Å². The van der Waals surface area contributed by atoms with Crippen LogP contribution < -0.4 is 15.2 Å². The molecule has 1 aliphatic heterocycles. The van der Waals surface area contributed by atoms with Gasteiger partial charge in [0.1, 0.15) is 0 Å². The molecule has 0 amide bonds. The fraction of sp³-hybridized carbons (Fsp3) is 0.684. The van der Waals surface area contributed by atoms with Crippen molar-refractivity contribution in [2.45, 2.75) is 39.3 Å². The van der Waals surface area contributed by atoms with Crippen LogP contribution in [0.2, 0.25) is 0 Å². The smallest absolute Gasteiger partial charge is 0.161 e. The van der Waals surface area contributed by atoms with E-state index in [0.717, 1.165) is 70.2 Å². The van der Waals surface area contributed by atoms with E-state index in [2.05, 4.69) is 35.8 Å². The topological polar surface area (TPSA) is 51.0 Å². The second-order valence-electron chi connectivity index (χ2n) is 6.58. The normalized spacial score (nSPS) is 17.7. The largest absolute Gasteiger partial charge is 0.493 e. The summed E-state index contributed by atoms with van der Waals surface area (Å²) in [5, 5.41) is 0. The van der Waals surface area contributed by atoms with Gasteiger partial charge in [-0.2, -0.15) is 0 Å². The van der Waals surface area contributed by atoms with Crippen LogP contribution in [0.25, 0.3) is 0 Å². The van der Waals surface area contributed by atoms with Gasteiger partial charge >= 0.3 is 0 Å². The predicted octanol–water partition coefficient (Wildman–Crippen LogP) is 2.34. The number of rotatable bonds is 9. The van der Waals surface area contributed by atoms with E-state index in [4.69, 9.17) is 15.2 Å². The van der Waals surface area contributed by atoms with Gasteiger partial charge in [-0.15, -0.1) is 0 Å². The lowest BCUT2D eigenvalue weighted by atomic mass is 10.1. The minimum Gasteiger partial charge on any atom is -0.493 e. The Hall–Kier alpha value is -1.30. The quantitative estimate of drug-likeness (QED) is 0.751. The van der Waals surface area contributed by atoms with Crippen molar-refractivity contribution in [2.75, 3.05) is 46.4 Å². The monoisotopic (exact) mass is 335 g/mol. The summed E-state index contributed by atoms with van der Waals surface area (Å²) in [6.45, 7) is 11.6. The molecule has 1 aromatic carbocycles. The Morgan fingerprint density at radius 1 is 1.12 bits per heavy atom. The van der Waals surface area contributed by atoms with E-state index >= 15 is 0 Å². The number of ether oxygens (including phenoxy) is 2. The van der Waals surface area contributed by atoms with Gasteiger partial charge in [0.15, 0.2) is 11.5 Å². The highest BCUT2D eigenvalue weighted by atomic mass is 16.5. The predicted molar refractivity (Wildman–Crippen MR) is 98.8 cm³/mol. The van der Waals surface area contributed by atoms with Crippen LogP contribution >= 0.6 is 0 Å². The first-order valence-corrected chi connectivity index (χ1v) is 9.14. The maximum absolute atomic E-state index is 5.93. The van der Waals surface area contributed by atoms with Crippen LogP contribution in [0.5, 0.6) is 11.5 Å². The lowest BCUT2D eigenvalue weighted by molar-refractivity contribution is 0.126. The Morgan fingerprint density at radius 3 is 2.46 bits per heavy atom. The second-order valence-corrected chi connectivity index (χ2v) is 6.58. The number of methoxy groups -OCH3 is 1. The van der Waals surface area contributed by atoms with Crippen molar-refractivity contribution in [1.29, 1.82) is 0 Å². The molecule has 0 aliphatic carbocycles. The van der Waals surface area contributed by atoms with Gasteiger partial charge in [0.05, 0.1) is 13.2 Å². The van der Waals surface area contributed by atoms with Crippen LogP contribution in [0.4, 0.5) is 0 Å². The van der Waals surface area contributed by atoms with E-state index in [1.165, 1.54) is 5.56 Å². The highest BCUT2D eigenvalue weighted by molar-refractivity contribution is 5.43. The van der Waals surface area contributed by atoms with Crippen LogP contribution in [0.3, 0.4) is 0 Å². The number of hydrogen-bond acceptors (Lipinski definition) is 5. The number of benzene rings is 1. The zero-order valence-corrected chi connectivity index (χ0v) is 15.5. The number of nitrogens with zero attached hydrogens (tertiary/aromatic N) is 2. The Bertz CT molecular complexity index is 488. The van der Waals surface area contributed by atoms with Crippen LogP contribution in [0.1, 0.15) is 32.3 Å². The summed E-state index contributed by atoms with van der Waals surface area (Å²) in [7, 11) is 1.71. The van der Waals surface area contributed by atoms with Gasteiger partial charge in [-0.1, -0.05) is 13.0 Å². The Labute approximate surface area is 146 Å². The summed E-state index contributed by atoms with van der Waals surface area (Å²) in [5.74, 6) is 1.66. The van der Waals surface area contributed by atoms with Gasteiger partial charge in [-0.3, -0.25) is 4.90 Å². The molecule has 0 saturated carbocycles. The molecule has 0 radical (unpaired) electrons. The SMILES string of the molecule is CCC(C)Oc1ccc(CN2CCN(CCCN)CC2)cc1OC. The minimum atomic E-state index is 0.200. The van der Waals surface area contributed by atoms with Crippen LogP contribution in [0, 0.1) is 0 Å². The Kier molecular flexibility index (Phi) is 7.82. The van der Waals surface area contributed by atoms with E-state index in [1.807, 2.05) is 6.07 Å². The van der Waals surface area contributed by atoms with Crippen molar-refractivity contribution in [3.63, 3.8) is 0 Å². The zero-order chi connectivity index (χ0) is 17.4. The van der Waals surface area contributed by atoms with E-state index in [9.17, 15) is 0 Å². The van der Waals surface area contributed by atoms with Crippen molar-refractivity contribution >= 4 is 0 Å². The zero-order valence-electron chi connectivity index (χ0n) is 15.5. The maximum Gasteiger partial charge on any atom is 0.161 e. The first kappa shape index (κ1) is 19.0. The molecule has 0 bridgehead atoms. The average molecular weight is 335 g/mol. The molecule has 2 rings (SSSR count). The van der Waals surface area contributed by atoms with Gasteiger partial charge in [0, 0.05) is 32.7 Å². The van der Waals surface area contributed by atoms with Gasteiger partial charge in [-0.05, 0) is 50.6 Å². The molecule has 1 fully saturated rings. The summed E-state index contributed by atoms with van der Waals surface area (Å²) < 4.78 is 11.4. The van der Waals surface area contributed by atoms with Crippen LogP contribution in [-0.4, -0.2) is 62.3 Å². The van der Waals surface area contributed by atoms with E-state index < -0.39 is 0 Å². The van der Waals surface area contributed by atoms with Gasteiger partial charge in [0.25, 0.3) is 0 Å². The molecule has 1 unspecified atom stereocenters. The fourth-order valence-corrected chi connectivity index (χ4v) is 2.95. The van der Waals surface area contributed by atoms with E-state index in [1.54, 1.807) is 7.11 Å². The molecule has 0 spiro atoms. The third-order valence-electron chi connectivity index (χ3n) is 4.68. The summed E-state index contributed by atoms with van der Waals surface area (Å²) >= 11 is 0. The first-order chi connectivity index (χ1) is 11.7. The standard InChI is InChI=1S/C19H33N3O2/c1-4-16(2)24-18-7-6-17(14-19(18)23-3)15-22-12-10-21(11-13-22)9-5-8-20/h6-7,14,16H,4-5,8-13,15,20H2,1-3H3. The molecular formula is C19H33N3O2. The molecule has 1 aliphatic rings. The third kappa shape index (κ3) is 5.65. The lowest BCUT2D eigenvalue weighted by Crippen LogP contribution is -2.46. The van der Waals surface area contributed by atoms with Crippen molar-refractivity contribution in [3.05, 3.63) is 23.8 Å². The summed E-state index contributed by atoms with van der Waals surface area (Å²) in [5.41, 5.74) is 6.87. The molecule has 5 heteroatoms. The highest BCUT2D eigenvalue weighted by Crippen LogP contribution is 2.30. The molecule has 1 atom stereocenters. The van der Waals surface area contributed by atoms with Crippen molar-refractivity contribution in [2.24, 2.45) is 5.73 Å². The van der Waals surface area contributed by atoms with E-state index in [0.29, 0.717) is 0 Å². The molecule has 24 heavy (non-hydrogen) atoms. The highest BCUT2D eigenvalue weighted by Gasteiger charge is 2.17. The third-order valence-corrected chi connectivity index (χ3v) is 4.68. The van der Waals surface area contributed by atoms with Crippen molar-refractivity contribution in [1.82, 2.24) is 9.80 Å². The number of hydrogen-bond donors (Lipinski definition) is 1. The number of nitrogens with two attached hydrogens (primary N) is 1. The number of piperazine rings is 1. The molecule has 2 N–H and O–H groups in total. The summed E-state index contributed by atoms with van der Waals surface area (Å²) in [6.07, 6.45) is 2.28. The Morgan fingerprint density at radius 2 is 1.83 bits per heavy atom. The Balaban J connectivity index is 1.89. The fourth-order valence-electron chi connectivity index (χ4n) is 2.95. The molecule has 1 saturated heterocycles. The molecule has 136 valence electrons. The van der Waals surface area contributed by atoms with Crippen molar-refractivity contribution in [3.8, 4) is 11.5 Å². The second kappa shape index (κ2) is 9.87. The van der Waals surface area contributed by atoms with Crippen molar-refractivity contribution < 1.29 is 9.47 Å². The van der Waals surface area contributed by atoms with Gasteiger partial charge in [0.2, 0.25) is 0 Å².